The number of anilines is 1. The van der Waals surface area contributed by atoms with Gasteiger partial charge in [0.1, 0.15) is 0 Å². The second kappa shape index (κ2) is 8.26. The van der Waals surface area contributed by atoms with Crippen LogP contribution < -0.4 is 16.0 Å². The number of carbonyl (C=O) groups is 2. The molecule has 0 aromatic heterocycles. The van der Waals surface area contributed by atoms with E-state index in [1.165, 1.54) is 11.8 Å². The average Bonchev–Trinajstić information content (AvgIpc) is 2.44. The normalized spacial score (nSPS) is 14.5. The van der Waals surface area contributed by atoms with Crippen molar-refractivity contribution in [2.75, 3.05) is 24.2 Å². The molecule has 0 saturated carbocycles. The first-order chi connectivity index (χ1) is 9.60. The number of nitrogens with one attached hydrogen (secondary N) is 3. The number of hydrogen-bond acceptors (Lipinski definition) is 4. The van der Waals surface area contributed by atoms with Gasteiger partial charge in [0.15, 0.2) is 0 Å². The molecule has 1 atom stereocenters. The van der Waals surface area contributed by atoms with E-state index in [1.807, 2.05) is 19.9 Å². The Labute approximate surface area is 135 Å². The van der Waals surface area contributed by atoms with Gasteiger partial charge in [-0.3, -0.25) is 9.59 Å². The van der Waals surface area contributed by atoms with Crippen molar-refractivity contribution in [3.05, 3.63) is 23.8 Å². The van der Waals surface area contributed by atoms with E-state index in [0.29, 0.717) is 17.9 Å². The van der Waals surface area contributed by atoms with E-state index in [0.717, 1.165) is 17.1 Å². The molecule has 1 aliphatic rings. The third-order valence-electron chi connectivity index (χ3n) is 3.00. The number of carbonyl (C=O) groups excluding carboxylic acids is 2. The number of likely N-dealkylation sites (N-methyl/N-ethyl adjacent to an activating group) is 1. The lowest BCUT2D eigenvalue weighted by Gasteiger charge is -2.17. The summed E-state index contributed by atoms with van der Waals surface area (Å²) in [5.74, 6) is 0.279. The maximum atomic E-state index is 12.1. The SMILES string of the molecule is CCN[C@H](C)CNC(=O)c1ccc2c(c1)NC(=O)CS2.Cl. The topological polar surface area (TPSA) is 70.2 Å². The van der Waals surface area contributed by atoms with E-state index in [9.17, 15) is 9.59 Å². The van der Waals surface area contributed by atoms with Crippen LogP contribution in [0.1, 0.15) is 24.2 Å². The molecule has 7 heteroatoms. The van der Waals surface area contributed by atoms with E-state index < -0.39 is 0 Å². The Bertz CT molecular complexity index is 525. The first-order valence-corrected chi connectivity index (χ1v) is 7.67. The molecule has 0 bridgehead atoms. The minimum atomic E-state index is -0.123. The van der Waals surface area contributed by atoms with E-state index in [1.54, 1.807) is 12.1 Å². The van der Waals surface area contributed by atoms with E-state index >= 15 is 0 Å². The van der Waals surface area contributed by atoms with Crippen molar-refractivity contribution < 1.29 is 9.59 Å². The van der Waals surface area contributed by atoms with Crippen molar-refractivity contribution in [3.8, 4) is 0 Å². The zero-order valence-corrected chi connectivity index (χ0v) is 13.7. The Kier molecular flexibility index (Phi) is 7.01. The number of fused-ring (bicyclic) bond motifs is 1. The summed E-state index contributed by atoms with van der Waals surface area (Å²) < 4.78 is 0. The minimum Gasteiger partial charge on any atom is -0.350 e. The van der Waals surface area contributed by atoms with E-state index in [2.05, 4.69) is 16.0 Å². The number of benzene rings is 1. The van der Waals surface area contributed by atoms with Gasteiger partial charge >= 0.3 is 0 Å². The van der Waals surface area contributed by atoms with Crippen molar-refractivity contribution in [2.45, 2.75) is 24.8 Å². The molecule has 2 amide bonds. The predicted molar refractivity (Wildman–Crippen MR) is 88.5 cm³/mol. The molecule has 0 saturated heterocycles. The van der Waals surface area contributed by atoms with Crippen molar-refractivity contribution in [1.82, 2.24) is 10.6 Å². The van der Waals surface area contributed by atoms with Crippen LogP contribution in [0.15, 0.2) is 23.1 Å². The van der Waals surface area contributed by atoms with Gasteiger partial charge in [0.2, 0.25) is 5.91 Å². The molecule has 1 aromatic carbocycles. The Morgan fingerprint density at radius 2 is 2.24 bits per heavy atom. The molecule has 0 fully saturated rings. The summed E-state index contributed by atoms with van der Waals surface area (Å²) >= 11 is 1.49. The average molecular weight is 330 g/mol. The van der Waals surface area contributed by atoms with Crippen LogP contribution in [0.5, 0.6) is 0 Å². The van der Waals surface area contributed by atoms with Gasteiger partial charge in [-0.05, 0) is 31.7 Å². The van der Waals surface area contributed by atoms with Crippen LogP contribution in [-0.4, -0.2) is 36.7 Å². The second-order valence-corrected chi connectivity index (χ2v) is 5.73. The lowest BCUT2D eigenvalue weighted by atomic mass is 10.1. The largest absolute Gasteiger partial charge is 0.350 e. The van der Waals surface area contributed by atoms with Crippen molar-refractivity contribution >= 4 is 41.7 Å². The molecule has 2 rings (SSSR count). The summed E-state index contributed by atoms with van der Waals surface area (Å²) in [6.07, 6.45) is 0. The molecule has 0 aliphatic carbocycles. The van der Waals surface area contributed by atoms with Crippen molar-refractivity contribution in [3.63, 3.8) is 0 Å². The standard InChI is InChI=1S/C14H19N3O2S.ClH/c1-3-15-9(2)7-16-14(19)10-4-5-12-11(6-10)17-13(18)8-20-12;/h4-6,9,15H,3,7-8H2,1-2H3,(H,16,19)(H,17,18);1H/t9-;/m1./s1. The van der Waals surface area contributed by atoms with Crippen LogP contribution in [-0.2, 0) is 4.79 Å². The van der Waals surface area contributed by atoms with Gasteiger partial charge in [-0.25, -0.2) is 0 Å². The third-order valence-corrected chi connectivity index (χ3v) is 4.07. The highest BCUT2D eigenvalue weighted by atomic mass is 35.5. The smallest absolute Gasteiger partial charge is 0.251 e. The van der Waals surface area contributed by atoms with Gasteiger partial charge in [0, 0.05) is 23.0 Å². The highest BCUT2D eigenvalue weighted by Crippen LogP contribution is 2.31. The minimum absolute atomic E-state index is 0. The van der Waals surface area contributed by atoms with E-state index in [4.69, 9.17) is 0 Å². The van der Waals surface area contributed by atoms with Crippen LogP contribution in [0.2, 0.25) is 0 Å². The number of thioether (sulfide) groups is 1. The van der Waals surface area contributed by atoms with Gasteiger partial charge < -0.3 is 16.0 Å². The Morgan fingerprint density at radius 1 is 1.48 bits per heavy atom. The first-order valence-electron chi connectivity index (χ1n) is 6.68. The first kappa shape index (κ1) is 17.8. The summed E-state index contributed by atoms with van der Waals surface area (Å²) in [4.78, 5) is 24.4. The molecular weight excluding hydrogens is 310 g/mol. The molecule has 21 heavy (non-hydrogen) atoms. The Hall–Kier alpha value is -1.24. The highest BCUT2D eigenvalue weighted by Gasteiger charge is 2.17. The van der Waals surface area contributed by atoms with Crippen molar-refractivity contribution in [1.29, 1.82) is 0 Å². The van der Waals surface area contributed by atoms with E-state index in [-0.39, 0.29) is 30.3 Å². The number of hydrogen-bond donors (Lipinski definition) is 3. The molecule has 0 radical (unpaired) electrons. The van der Waals surface area contributed by atoms with Crippen molar-refractivity contribution in [2.24, 2.45) is 0 Å². The summed E-state index contributed by atoms with van der Waals surface area (Å²) in [7, 11) is 0. The monoisotopic (exact) mass is 329 g/mol. The fraction of sp³-hybridized carbons (Fsp3) is 0.429. The summed E-state index contributed by atoms with van der Waals surface area (Å²) in [6, 6.07) is 5.63. The zero-order valence-electron chi connectivity index (χ0n) is 12.1. The van der Waals surface area contributed by atoms with Gasteiger partial charge in [-0.2, -0.15) is 0 Å². The molecule has 0 spiro atoms. The summed E-state index contributed by atoms with van der Waals surface area (Å²) in [6.45, 7) is 5.50. The Balaban J connectivity index is 0.00000220. The molecule has 0 unspecified atom stereocenters. The maximum Gasteiger partial charge on any atom is 0.251 e. The third kappa shape index (κ3) is 4.91. The maximum absolute atomic E-state index is 12.1. The number of rotatable bonds is 5. The van der Waals surface area contributed by atoms with Gasteiger partial charge in [0.05, 0.1) is 11.4 Å². The molecule has 1 heterocycles. The molecular formula is C14H20ClN3O2S. The molecule has 3 N–H and O–H groups in total. The van der Waals surface area contributed by atoms with Gasteiger partial charge in [-0.1, -0.05) is 6.92 Å². The number of amides is 2. The molecule has 5 nitrogen and oxygen atoms in total. The fourth-order valence-electron chi connectivity index (χ4n) is 1.99. The summed E-state index contributed by atoms with van der Waals surface area (Å²) in [5, 5.41) is 8.90. The summed E-state index contributed by atoms with van der Waals surface area (Å²) in [5.41, 5.74) is 1.29. The van der Waals surface area contributed by atoms with Gasteiger partial charge in [-0.15, -0.1) is 24.2 Å². The van der Waals surface area contributed by atoms with Crippen LogP contribution in [0.3, 0.4) is 0 Å². The number of halogens is 1. The lowest BCUT2D eigenvalue weighted by Crippen LogP contribution is -2.38. The fourth-order valence-corrected chi connectivity index (χ4v) is 2.78. The van der Waals surface area contributed by atoms with Crippen LogP contribution in [0.4, 0.5) is 5.69 Å². The van der Waals surface area contributed by atoms with Crippen LogP contribution in [0, 0.1) is 0 Å². The molecule has 1 aliphatic heterocycles. The zero-order chi connectivity index (χ0) is 14.5. The Morgan fingerprint density at radius 3 is 2.95 bits per heavy atom. The van der Waals surface area contributed by atoms with Crippen LogP contribution in [0.25, 0.3) is 0 Å². The lowest BCUT2D eigenvalue weighted by molar-refractivity contribution is -0.113. The predicted octanol–water partition coefficient (Wildman–Crippen LogP) is 1.88. The van der Waals surface area contributed by atoms with Gasteiger partial charge in [0.25, 0.3) is 5.91 Å². The molecule has 1 aromatic rings. The van der Waals surface area contributed by atoms with Crippen LogP contribution >= 0.6 is 24.2 Å². The quantitative estimate of drug-likeness (QED) is 0.771. The second-order valence-electron chi connectivity index (χ2n) is 4.72. The highest BCUT2D eigenvalue weighted by molar-refractivity contribution is 8.00. The molecule has 116 valence electrons.